The Kier molecular flexibility index (Phi) is 8.78. The van der Waals surface area contributed by atoms with Crippen LogP contribution in [0.3, 0.4) is 0 Å². The van der Waals surface area contributed by atoms with Crippen molar-refractivity contribution < 1.29 is 55.5 Å². The molecule has 0 radical (unpaired) electrons. The second kappa shape index (κ2) is 11.9. The summed E-state index contributed by atoms with van der Waals surface area (Å²) < 4.78 is 113. The molecule has 44 heavy (non-hydrogen) atoms. The Bertz CT molecular complexity index is 1470. The van der Waals surface area contributed by atoms with E-state index in [4.69, 9.17) is 0 Å². The molecule has 7 nitrogen and oxygen atoms in total. The van der Waals surface area contributed by atoms with Crippen LogP contribution in [0.1, 0.15) is 48.1 Å². The molecule has 6 atom stereocenters. The summed E-state index contributed by atoms with van der Waals surface area (Å²) in [5, 5.41) is 49.8. The van der Waals surface area contributed by atoms with E-state index in [0.29, 0.717) is 12.1 Å². The number of aliphatic hydroxyl groups excluding tert-OH is 3. The van der Waals surface area contributed by atoms with Crippen molar-refractivity contribution >= 4 is 10.9 Å². The van der Waals surface area contributed by atoms with Crippen LogP contribution in [-0.4, -0.2) is 76.8 Å². The lowest BCUT2D eigenvalue weighted by atomic mass is 9.77. The molecule has 2 aliphatic rings. The molecular formula is C28H29F8N3O4S. The summed E-state index contributed by atoms with van der Waals surface area (Å²) in [6.45, 7) is -0.803. The van der Waals surface area contributed by atoms with Crippen molar-refractivity contribution in [1.82, 2.24) is 15.0 Å². The van der Waals surface area contributed by atoms with Crippen molar-refractivity contribution in [3.8, 4) is 11.3 Å². The molecule has 4 N–H and O–H groups in total. The Balaban J connectivity index is 1.54. The summed E-state index contributed by atoms with van der Waals surface area (Å²) >= 11 is 0. The fourth-order valence-electron chi connectivity index (χ4n) is 6.30. The molecule has 1 aliphatic carbocycles. The van der Waals surface area contributed by atoms with Crippen LogP contribution in [0.5, 0.6) is 0 Å². The monoisotopic (exact) mass is 655 g/mol. The van der Waals surface area contributed by atoms with Gasteiger partial charge in [-0.05, 0) is 36.6 Å². The first-order chi connectivity index (χ1) is 20.6. The molecule has 5 rings (SSSR count). The number of hydrogen-bond acceptors (Lipinski definition) is 6. The van der Waals surface area contributed by atoms with Crippen LogP contribution in [0.4, 0.5) is 35.1 Å². The van der Waals surface area contributed by atoms with E-state index < -0.39 is 118 Å². The highest BCUT2D eigenvalue weighted by molar-refractivity contribution is 8.18. The normalized spacial score (nSPS) is 28.5. The van der Waals surface area contributed by atoms with Crippen LogP contribution in [0, 0.1) is 17.5 Å². The highest BCUT2D eigenvalue weighted by atomic mass is 32.2. The fraction of sp³-hybridized carbons (Fsp3) is 0.500. The Morgan fingerprint density at radius 1 is 1.00 bits per heavy atom. The van der Waals surface area contributed by atoms with Gasteiger partial charge in [-0.15, -0.1) is 5.10 Å². The zero-order chi connectivity index (χ0) is 32.2. The second-order valence-corrected chi connectivity index (χ2v) is 13.9. The standard InChI is InChI=1S/C28H29F8N3O4S/c29-17-9-14(10-18(30)22(17)31)19-11-39(38-37-19)23-20(41)13-44(21(12-40)24(23)42)25(26(43)5-7-27(32,33)8-6-26)15-3-1-2-4-16(15)28(34,35)36/h1-4,9-11,20-21,23-25,40-44H,5-8,12-13H2/t20-,21+,23-,24-,25?/m0/s1. The average molecular weight is 656 g/mol. The topological polar surface area (TPSA) is 112 Å². The van der Waals surface area contributed by atoms with Crippen molar-refractivity contribution in [2.45, 2.75) is 72.1 Å². The Hall–Kier alpha value is -2.79. The molecule has 1 aliphatic heterocycles. The Morgan fingerprint density at radius 2 is 1.61 bits per heavy atom. The summed E-state index contributed by atoms with van der Waals surface area (Å²) in [6, 6.07) is 4.33. The predicted octanol–water partition coefficient (Wildman–Crippen LogP) is 4.70. The molecule has 2 unspecified atom stereocenters. The fourth-order valence-corrected chi connectivity index (χ4v) is 10.1. The van der Waals surface area contributed by atoms with E-state index in [0.717, 1.165) is 29.1 Å². The van der Waals surface area contributed by atoms with Crippen LogP contribution in [0.15, 0.2) is 42.6 Å². The van der Waals surface area contributed by atoms with Crippen molar-refractivity contribution in [3.63, 3.8) is 0 Å². The molecule has 0 spiro atoms. The minimum Gasteiger partial charge on any atom is -0.395 e. The van der Waals surface area contributed by atoms with Gasteiger partial charge in [-0.1, -0.05) is 23.4 Å². The molecule has 1 saturated heterocycles. The molecule has 3 aromatic rings. The van der Waals surface area contributed by atoms with Gasteiger partial charge in [0, 0.05) is 34.7 Å². The number of benzene rings is 2. The van der Waals surface area contributed by atoms with Gasteiger partial charge in [-0.2, -0.15) is 13.2 Å². The first kappa shape index (κ1) is 32.6. The average Bonchev–Trinajstić information content (AvgIpc) is 3.43. The quantitative estimate of drug-likeness (QED) is 0.150. The number of aliphatic hydroxyl groups is 4. The van der Waals surface area contributed by atoms with Crippen LogP contribution in [0.2, 0.25) is 0 Å². The summed E-state index contributed by atoms with van der Waals surface area (Å²) in [6.07, 6.45) is -9.72. The maximum Gasteiger partial charge on any atom is 0.416 e. The third kappa shape index (κ3) is 6.06. The zero-order valence-electron chi connectivity index (χ0n) is 22.8. The molecule has 2 heterocycles. The van der Waals surface area contributed by atoms with Crippen LogP contribution < -0.4 is 0 Å². The third-order valence-corrected chi connectivity index (χ3v) is 12.0. The van der Waals surface area contributed by atoms with Crippen LogP contribution in [0.25, 0.3) is 11.3 Å². The van der Waals surface area contributed by atoms with E-state index in [1.807, 2.05) is 0 Å². The minimum atomic E-state index is -4.89. The van der Waals surface area contributed by atoms with E-state index in [1.165, 1.54) is 6.07 Å². The van der Waals surface area contributed by atoms with Gasteiger partial charge in [0.25, 0.3) is 0 Å². The number of halogens is 8. The summed E-state index contributed by atoms with van der Waals surface area (Å²) in [5.74, 6) is -8.18. The third-order valence-electron chi connectivity index (χ3n) is 8.49. The SMILES string of the molecule is OC[C@@H]1[C@H](O)[C@@H](n2cc(-c3cc(F)c(F)c(F)c3)nn2)[C@@H](O)C[SH]1C(c1ccccc1C(F)(F)F)C1(O)CCC(F)(F)CC1. The second-order valence-electron chi connectivity index (χ2n) is 11.3. The maximum absolute atomic E-state index is 14.2. The van der Waals surface area contributed by atoms with Crippen LogP contribution >= 0.6 is 10.9 Å². The van der Waals surface area contributed by atoms with Gasteiger partial charge in [0.05, 0.1) is 36.2 Å². The van der Waals surface area contributed by atoms with E-state index in [-0.39, 0.29) is 17.0 Å². The number of thiol groups is 1. The van der Waals surface area contributed by atoms with Gasteiger partial charge in [0.2, 0.25) is 5.92 Å². The van der Waals surface area contributed by atoms with Crippen molar-refractivity contribution in [2.24, 2.45) is 0 Å². The van der Waals surface area contributed by atoms with Crippen molar-refractivity contribution in [1.29, 1.82) is 0 Å². The molecule has 1 aromatic heterocycles. The van der Waals surface area contributed by atoms with Crippen molar-refractivity contribution in [3.05, 3.63) is 71.2 Å². The van der Waals surface area contributed by atoms with E-state index in [1.54, 1.807) is 0 Å². The lowest BCUT2D eigenvalue weighted by Crippen LogP contribution is -2.53. The lowest BCUT2D eigenvalue weighted by Gasteiger charge is -2.53. The molecule has 1 saturated carbocycles. The number of nitrogens with zero attached hydrogens (tertiary/aromatic N) is 3. The molecule has 0 amide bonds. The highest BCUT2D eigenvalue weighted by Crippen LogP contribution is 2.62. The Labute approximate surface area is 248 Å². The molecule has 0 bridgehead atoms. The van der Waals surface area contributed by atoms with Crippen molar-refractivity contribution in [2.75, 3.05) is 12.4 Å². The number of aromatic nitrogens is 3. The smallest absolute Gasteiger partial charge is 0.395 e. The number of alkyl halides is 5. The zero-order valence-corrected chi connectivity index (χ0v) is 23.7. The molecular weight excluding hydrogens is 626 g/mol. The summed E-state index contributed by atoms with van der Waals surface area (Å²) in [4.78, 5) is 0. The maximum atomic E-state index is 14.2. The largest absolute Gasteiger partial charge is 0.416 e. The summed E-state index contributed by atoms with van der Waals surface area (Å²) in [7, 11) is -2.13. The van der Waals surface area contributed by atoms with Gasteiger partial charge in [-0.3, -0.25) is 0 Å². The first-order valence-corrected chi connectivity index (χ1v) is 15.3. The molecule has 16 heteroatoms. The van der Waals surface area contributed by atoms with E-state index in [9.17, 15) is 55.5 Å². The van der Waals surface area contributed by atoms with Gasteiger partial charge in [0.1, 0.15) is 11.7 Å². The minimum absolute atomic E-state index is 0.162. The molecule has 2 aromatic carbocycles. The van der Waals surface area contributed by atoms with Crippen LogP contribution in [-0.2, 0) is 6.18 Å². The number of rotatable bonds is 6. The highest BCUT2D eigenvalue weighted by Gasteiger charge is 2.55. The van der Waals surface area contributed by atoms with Gasteiger partial charge < -0.3 is 20.4 Å². The predicted molar refractivity (Wildman–Crippen MR) is 144 cm³/mol. The summed E-state index contributed by atoms with van der Waals surface area (Å²) in [5.41, 5.74) is -3.95. The van der Waals surface area contributed by atoms with Gasteiger partial charge in [0.15, 0.2) is 17.5 Å². The molecule has 2 fully saturated rings. The Morgan fingerprint density at radius 3 is 2.20 bits per heavy atom. The number of hydrogen-bond donors (Lipinski definition) is 5. The lowest BCUT2D eigenvalue weighted by molar-refractivity contribution is -0.139. The molecule has 242 valence electrons. The van der Waals surface area contributed by atoms with Gasteiger partial charge in [-0.25, -0.2) is 37.5 Å². The van der Waals surface area contributed by atoms with Gasteiger partial charge >= 0.3 is 6.18 Å². The van der Waals surface area contributed by atoms with E-state index in [2.05, 4.69) is 10.3 Å². The first-order valence-electron chi connectivity index (χ1n) is 13.6. The van der Waals surface area contributed by atoms with E-state index >= 15 is 0 Å².